The zero-order valence-corrected chi connectivity index (χ0v) is 22.3. The Bertz CT molecular complexity index is 1310. The van der Waals surface area contributed by atoms with Gasteiger partial charge in [-0.3, -0.25) is 0 Å². The van der Waals surface area contributed by atoms with E-state index in [4.69, 9.17) is 4.98 Å². The van der Waals surface area contributed by atoms with Gasteiger partial charge >= 0.3 is 188 Å². The Morgan fingerprint density at radius 2 is 1.56 bits per heavy atom. The molecule has 3 aromatic carbocycles. The van der Waals surface area contributed by atoms with Gasteiger partial charge in [-0.05, 0) is 0 Å². The maximum atomic E-state index is 15.2. The molecule has 1 aromatic heterocycles. The molecule has 0 spiro atoms. The van der Waals surface area contributed by atoms with Crippen molar-refractivity contribution < 1.29 is 4.39 Å². The molecule has 4 aromatic rings. The molecule has 3 heteroatoms. The molecule has 0 saturated heterocycles. The Kier molecular flexibility index (Phi) is 5.79. The summed E-state index contributed by atoms with van der Waals surface area (Å²) in [6.45, 7) is 8.72. The van der Waals surface area contributed by atoms with Crippen LogP contribution in [0.2, 0.25) is 17.3 Å². The Morgan fingerprint density at radius 1 is 0.844 bits per heavy atom. The Labute approximate surface area is 194 Å². The van der Waals surface area contributed by atoms with Crippen molar-refractivity contribution in [3.63, 3.8) is 0 Å². The second kappa shape index (κ2) is 8.15. The van der Waals surface area contributed by atoms with Gasteiger partial charge in [0.15, 0.2) is 0 Å². The number of rotatable bonds is 3. The first-order chi connectivity index (χ1) is 14.9. The van der Waals surface area contributed by atoms with Gasteiger partial charge in [-0.15, -0.1) is 0 Å². The molecule has 0 aliphatic rings. The van der Waals surface area contributed by atoms with Crippen LogP contribution in [0.4, 0.5) is 4.39 Å². The summed E-state index contributed by atoms with van der Waals surface area (Å²) in [7, 11) is 0. The summed E-state index contributed by atoms with van der Waals surface area (Å²) in [4.78, 5) is 4.74. The summed E-state index contributed by atoms with van der Waals surface area (Å²) < 4.78 is 16.4. The van der Waals surface area contributed by atoms with Gasteiger partial charge in [0, 0.05) is 0 Å². The Balaban J connectivity index is 1.88. The average molecular weight is 486 g/mol. The van der Waals surface area contributed by atoms with Crippen LogP contribution in [0.5, 0.6) is 0 Å². The van der Waals surface area contributed by atoms with E-state index in [1.165, 1.54) is 20.7 Å². The third-order valence-electron chi connectivity index (χ3n) is 6.19. The van der Waals surface area contributed by atoms with Crippen LogP contribution in [0, 0.1) is 12.7 Å². The summed E-state index contributed by atoms with van der Waals surface area (Å²) in [5.41, 5.74) is 5.78. The second-order valence-corrected chi connectivity index (χ2v) is 21.5. The van der Waals surface area contributed by atoms with Crippen LogP contribution in [0.1, 0.15) is 31.9 Å². The van der Waals surface area contributed by atoms with Crippen molar-refractivity contribution in [2.24, 2.45) is 0 Å². The number of hydrogen-bond donors (Lipinski definition) is 0. The first-order valence-electron chi connectivity index (χ1n) is 11.3. The number of pyridine rings is 1. The predicted octanol–water partition coefficient (Wildman–Crippen LogP) is 7.86. The van der Waals surface area contributed by atoms with Crippen molar-refractivity contribution in [3.05, 3.63) is 83.8 Å². The summed E-state index contributed by atoms with van der Waals surface area (Å²) >= 11 is -2.09. The molecule has 0 aliphatic carbocycles. The normalized spacial score (nSPS) is 12.4. The first-order valence-corrected chi connectivity index (χ1v) is 18.6. The summed E-state index contributed by atoms with van der Waals surface area (Å²) in [6, 6.07) is 20.8. The molecule has 0 bridgehead atoms. The van der Waals surface area contributed by atoms with Crippen LogP contribution in [0.25, 0.3) is 33.2 Å². The molecule has 0 N–H and O–H groups in total. The van der Waals surface area contributed by atoms with Crippen molar-refractivity contribution in [1.82, 2.24) is 4.98 Å². The summed E-state index contributed by atoms with van der Waals surface area (Å²) in [5.74, 6) is 6.72. The zero-order valence-electron chi connectivity index (χ0n) is 20.2. The van der Waals surface area contributed by atoms with Gasteiger partial charge in [-0.1, -0.05) is 6.07 Å². The van der Waals surface area contributed by atoms with Gasteiger partial charge in [0.2, 0.25) is 0 Å². The van der Waals surface area contributed by atoms with Gasteiger partial charge in [0.05, 0.1) is 0 Å². The molecule has 32 heavy (non-hydrogen) atoms. The van der Waals surface area contributed by atoms with Crippen molar-refractivity contribution in [2.75, 3.05) is 0 Å². The molecule has 0 radical (unpaired) electrons. The first kappa shape index (κ1) is 22.7. The quantitative estimate of drug-likeness (QED) is 0.269. The molecule has 1 nitrogen and oxygen atoms in total. The van der Waals surface area contributed by atoms with Crippen LogP contribution in [0.3, 0.4) is 0 Å². The predicted molar refractivity (Wildman–Crippen MR) is 139 cm³/mol. The molecule has 0 fully saturated rings. The van der Waals surface area contributed by atoms with Gasteiger partial charge in [0.1, 0.15) is 0 Å². The number of hydrogen-bond acceptors (Lipinski definition) is 1. The van der Waals surface area contributed by atoms with Crippen molar-refractivity contribution in [1.29, 1.82) is 0 Å². The standard InChI is InChI=1S/C29H32FGeN/c1-19-18-32-28(17-25(19)24-13-12-22(16-27(24)30)31(5,6)7)21-14-20-10-8-9-11-23(20)26(15-21)29(2,3)4/h8-18H,1-7H3. The van der Waals surface area contributed by atoms with Crippen molar-refractivity contribution in [2.45, 2.75) is 50.4 Å². The van der Waals surface area contributed by atoms with E-state index in [9.17, 15) is 0 Å². The van der Waals surface area contributed by atoms with E-state index in [2.05, 4.69) is 80.5 Å². The fraction of sp³-hybridized carbons (Fsp3) is 0.276. The van der Waals surface area contributed by atoms with Crippen LogP contribution >= 0.6 is 0 Å². The van der Waals surface area contributed by atoms with Gasteiger partial charge in [0.25, 0.3) is 0 Å². The number of aryl methyl sites for hydroxylation is 1. The summed E-state index contributed by atoms with van der Waals surface area (Å²) in [5, 5.41) is 2.47. The summed E-state index contributed by atoms with van der Waals surface area (Å²) in [6.07, 6.45) is 1.87. The van der Waals surface area contributed by atoms with E-state index < -0.39 is 13.3 Å². The fourth-order valence-corrected chi connectivity index (χ4v) is 6.65. The molecule has 0 atom stereocenters. The van der Waals surface area contributed by atoms with E-state index in [-0.39, 0.29) is 11.2 Å². The Hall–Kier alpha value is -2.46. The molecule has 164 valence electrons. The molecule has 0 saturated carbocycles. The third-order valence-corrected chi connectivity index (χ3v) is 10.5. The number of nitrogens with zero attached hydrogens (tertiary/aromatic N) is 1. The van der Waals surface area contributed by atoms with E-state index >= 15 is 4.39 Å². The number of aromatic nitrogens is 1. The second-order valence-electron chi connectivity index (χ2n) is 10.8. The molecule has 0 aliphatic heterocycles. The minimum atomic E-state index is -2.09. The van der Waals surface area contributed by atoms with Crippen molar-refractivity contribution >= 4 is 28.4 Å². The molecular weight excluding hydrogens is 454 g/mol. The van der Waals surface area contributed by atoms with E-state index in [0.717, 1.165) is 22.4 Å². The van der Waals surface area contributed by atoms with E-state index in [1.807, 2.05) is 25.3 Å². The third kappa shape index (κ3) is 4.38. The molecular formula is C29H32FGeN. The number of benzene rings is 3. The topological polar surface area (TPSA) is 12.9 Å². The molecule has 0 amide bonds. The molecule has 1 heterocycles. The monoisotopic (exact) mass is 487 g/mol. The number of fused-ring (bicyclic) bond motifs is 1. The molecule has 0 unspecified atom stereocenters. The van der Waals surface area contributed by atoms with Gasteiger partial charge in [-0.2, -0.15) is 0 Å². The van der Waals surface area contributed by atoms with Gasteiger partial charge in [-0.25, -0.2) is 0 Å². The zero-order chi connectivity index (χ0) is 23.3. The van der Waals surface area contributed by atoms with E-state index in [0.29, 0.717) is 5.56 Å². The van der Waals surface area contributed by atoms with Crippen LogP contribution in [-0.2, 0) is 5.41 Å². The Morgan fingerprint density at radius 3 is 2.22 bits per heavy atom. The van der Waals surface area contributed by atoms with Crippen molar-refractivity contribution in [3.8, 4) is 22.4 Å². The van der Waals surface area contributed by atoms with Crippen LogP contribution < -0.4 is 4.40 Å². The maximum absolute atomic E-state index is 15.2. The average Bonchev–Trinajstić information content (AvgIpc) is 2.72. The van der Waals surface area contributed by atoms with Crippen LogP contribution in [-0.4, -0.2) is 18.3 Å². The number of halogens is 1. The fourth-order valence-electron chi connectivity index (χ4n) is 4.25. The van der Waals surface area contributed by atoms with Crippen LogP contribution in [0.15, 0.2) is 66.9 Å². The molecule has 4 rings (SSSR count). The van der Waals surface area contributed by atoms with Gasteiger partial charge < -0.3 is 0 Å². The SMILES string of the molecule is Cc1cnc(-c2cc(C(C)(C)C)c3ccccc3c2)cc1-c1cc[c]([Ge]([CH3])([CH3])[CH3])cc1F. The van der Waals surface area contributed by atoms with E-state index in [1.54, 1.807) is 6.07 Å². The minimum absolute atomic E-state index is 0.00326.